The molecule has 0 fully saturated rings. The molecule has 0 nitrogen and oxygen atoms in total. The van der Waals surface area contributed by atoms with Crippen LogP contribution in [0.4, 0.5) is 0 Å². The summed E-state index contributed by atoms with van der Waals surface area (Å²) in [6.07, 6.45) is 0. The minimum absolute atomic E-state index is 0. The van der Waals surface area contributed by atoms with E-state index in [-0.39, 0.29) is 46.1 Å². The van der Waals surface area contributed by atoms with Gasteiger partial charge in [-0.2, -0.15) is 13.8 Å². The predicted molar refractivity (Wildman–Crippen MR) is 33.6 cm³/mol. The van der Waals surface area contributed by atoms with Crippen molar-refractivity contribution in [3.8, 4) is 0 Å². The molecule has 0 aliphatic heterocycles. The van der Waals surface area contributed by atoms with E-state index in [1.807, 2.05) is 0 Å². The first-order valence-corrected chi connectivity index (χ1v) is 1.41. The zero-order chi connectivity index (χ0) is 4.00. The third-order valence-electron chi connectivity index (χ3n) is 0. The summed E-state index contributed by atoms with van der Waals surface area (Å²) in [4.78, 5) is 0. The third-order valence-corrected chi connectivity index (χ3v) is 0. The van der Waals surface area contributed by atoms with Crippen LogP contribution in [0.3, 0.4) is 0 Å². The van der Waals surface area contributed by atoms with Crippen LogP contribution < -0.4 is 0 Å². The Balaban J connectivity index is -0.00000000500. The van der Waals surface area contributed by atoms with Crippen LogP contribution in [0.15, 0.2) is 0 Å². The van der Waals surface area contributed by atoms with E-state index in [2.05, 4.69) is 13.8 Å². The molecule has 0 saturated carbocycles. The van der Waals surface area contributed by atoms with Crippen molar-refractivity contribution in [2.45, 2.75) is 13.8 Å². The maximum Gasteiger partial charge on any atom is 2.00 e. The van der Waals surface area contributed by atoms with Gasteiger partial charge in [0, 0.05) is 23.1 Å². The van der Waals surface area contributed by atoms with E-state index in [1.54, 1.807) is 13.8 Å². The molecule has 0 aromatic rings. The summed E-state index contributed by atoms with van der Waals surface area (Å²) in [5.41, 5.74) is 0. The second-order valence-electron chi connectivity index (χ2n) is 0. The zero-order valence-corrected chi connectivity index (χ0v) is 7.66. The van der Waals surface area contributed by atoms with Crippen molar-refractivity contribution < 1.29 is 0 Å². The maximum absolute atomic E-state index is 3.25. The normalized spacial score (nSPS) is 2.00. The first-order valence-electron chi connectivity index (χ1n) is 1.41. The molecule has 0 aliphatic carbocycles. The van der Waals surface area contributed by atoms with Gasteiger partial charge < -0.3 is 13.8 Å². The number of rotatable bonds is 0. The average Bonchev–Trinajstić information content (AvgIpc) is 1.50. The van der Waals surface area contributed by atoms with Crippen molar-refractivity contribution in [3.63, 3.8) is 0 Å². The minimum atomic E-state index is 0. The second-order valence-corrected chi connectivity index (χ2v) is 0. The summed E-state index contributed by atoms with van der Waals surface area (Å²) in [6, 6.07) is 0. The molecule has 0 aliphatic rings. The summed E-state index contributed by atoms with van der Waals surface area (Å²) in [5.74, 6) is 0. The number of hydrogen-bond donors (Lipinski definition) is 0. The van der Waals surface area contributed by atoms with Crippen LogP contribution in [0.2, 0.25) is 0 Å². The molecule has 6 heavy (non-hydrogen) atoms. The van der Waals surface area contributed by atoms with Gasteiger partial charge in [0.2, 0.25) is 0 Å². The van der Waals surface area contributed by atoms with Crippen LogP contribution in [-0.4, -0.2) is 46.1 Å². The summed E-state index contributed by atoms with van der Waals surface area (Å²) >= 11 is 0. The summed E-state index contributed by atoms with van der Waals surface area (Å²) in [5, 5.41) is 0. The van der Waals surface area contributed by atoms with Crippen molar-refractivity contribution >= 4 is 46.1 Å². The van der Waals surface area contributed by atoms with E-state index >= 15 is 0 Å². The summed E-state index contributed by atoms with van der Waals surface area (Å²) < 4.78 is 0. The molecule has 0 spiro atoms. The van der Waals surface area contributed by atoms with E-state index in [0.29, 0.717) is 0 Å². The fourth-order valence-corrected chi connectivity index (χ4v) is 0. The second kappa shape index (κ2) is 85.1. The van der Waals surface area contributed by atoms with E-state index in [4.69, 9.17) is 0 Å². The van der Waals surface area contributed by atoms with Gasteiger partial charge >= 0.3 is 23.1 Å². The van der Waals surface area contributed by atoms with Gasteiger partial charge in [-0.3, -0.25) is 0 Å². The molecule has 0 heterocycles. The fraction of sp³-hybridized carbons (Fsp3) is 0.500. The van der Waals surface area contributed by atoms with Gasteiger partial charge in [0.1, 0.15) is 0 Å². The van der Waals surface area contributed by atoms with E-state index < -0.39 is 0 Å². The Labute approximate surface area is 73.4 Å². The van der Waals surface area contributed by atoms with Gasteiger partial charge in [-0.15, -0.1) is 0 Å². The van der Waals surface area contributed by atoms with Gasteiger partial charge in [0.05, 0.1) is 0 Å². The molecule has 0 unspecified atom stereocenters. The molecule has 0 rings (SSSR count). The summed E-state index contributed by atoms with van der Waals surface area (Å²) in [6.45, 7) is 10.0. The van der Waals surface area contributed by atoms with Crippen LogP contribution in [0.25, 0.3) is 0 Å². The summed E-state index contributed by atoms with van der Waals surface area (Å²) in [7, 11) is 0. The SMILES string of the molecule is [CH2-]C.[CH2-]C.[Mg+2].[Mg]. The third kappa shape index (κ3) is 48.4. The van der Waals surface area contributed by atoms with Crippen molar-refractivity contribution in [3.05, 3.63) is 13.8 Å². The van der Waals surface area contributed by atoms with Crippen LogP contribution in [0, 0.1) is 13.8 Å². The van der Waals surface area contributed by atoms with Crippen molar-refractivity contribution in [1.82, 2.24) is 0 Å². The topological polar surface area (TPSA) is 0 Å². The first kappa shape index (κ1) is 25.8. The van der Waals surface area contributed by atoms with Crippen LogP contribution in [-0.2, 0) is 0 Å². The minimum Gasteiger partial charge on any atom is -0.346 e. The molecule has 0 aromatic carbocycles. The van der Waals surface area contributed by atoms with Crippen LogP contribution in [0.1, 0.15) is 13.8 Å². The monoisotopic (exact) mass is 106 g/mol. The largest absolute Gasteiger partial charge is 2.00 e. The van der Waals surface area contributed by atoms with Crippen molar-refractivity contribution in [1.29, 1.82) is 0 Å². The average molecular weight is 107 g/mol. The molecular formula is C4H10Mg2. The molecular weight excluding hydrogens is 96.7 g/mol. The van der Waals surface area contributed by atoms with Gasteiger partial charge in [-0.05, 0) is 0 Å². The Morgan fingerprint density at radius 2 is 0.833 bits per heavy atom. The van der Waals surface area contributed by atoms with E-state index in [1.165, 1.54) is 0 Å². The van der Waals surface area contributed by atoms with Gasteiger partial charge in [-0.25, -0.2) is 0 Å². The zero-order valence-electron chi connectivity index (χ0n) is 4.83. The predicted octanol–water partition coefficient (Wildman–Crippen LogP) is 0.919. The Morgan fingerprint density at radius 1 is 0.833 bits per heavy atom. The molecule has 30 valence electrons. The molecule has 2 heteroatoms. The fourth-order valence-electron chi connectivity index (χ4n) is 0. The smallest absolute Gasteiger partial charge is 0.346 e. The molecule has 0 amide bonds. The van der Waals surface area contributed by atoms with Crippen molar-refractivity contribution in [2.75, 3.05) is 0 Å². The standard InChI is InChI=1S/2C2H5.2Mg/c2*1-2;;/h2*1H2,2H3;;/q2*-1;;+2. The number of hydrogen-bond acceptors (Lipinski definition) is 0. The molecule has 0 bridgehead atoms. The molecule has 0 aromatic heterocycles. The molecule has 0 saturated heterocycles. The Hall–Kier alpha value is 1.53. The van der Waals surface area contributed by atoms with E-state index in [9.17, 15) is 0 Å². The molecule has 0 N–H and O–H groups in total. The Morgan fingerprint density at radius 3 is 0.833 bits per heavy atom. The Bertz CT molecular complexity index is 5.51. The quantitative estimate of drug-likeness (QED) is 0.318. The van der Waals surface area contributed by atoms with Crippen LogP contribution in [0.5, 0.6) is 0 Å². The van der Waals surface area contributed by atoms with Gasteiger partial charge in [0.25, 0.3) is 0 Å². The van der Waals surface area contributed by atoms with Crippen LogP contribution >= 0.6 is 0 Å². The molecule has 0 atom stereocenters. The first-order chi connectivity index (χ1) is 2.00. The van der Waals surface area contributed by atoms with Crippen molar-refractivity contribution in [2.24, 2.45) is 0 Å². The maximum atomic E-state index is 3.25. The van der Waals surface area contributed by atoms with Gasteiger partial charge in [-0.1, -0.05) is 0 Å². The Kier molecular flexibility index (Phi) is 366. The van der Waals surface area contributed by atoms with Gasteiger partial charge in [0.15, 0.2) is 0 Å². The van der Waals surface area contributed by atoms with E-state index in [0.717, 1.165) is 0 Å². The molecule has 2 radical (unpaired) electrons.